The van der Waals surface area contributed by atoms with E-state index in [1.165, 1.54) is 30.8 Å². The maximum absolute atomic E-state index is 9.36. The fourth-order valence-corrected chi connectivity index (χ4v) is 4.76. The number of likely N-dealkylation sites (tertiary alicyclic amines) is 1. The van der Waals surface area contributed by atoms with Crippen LogP contribution in [0.15, 0.2) is 22.5 Å². The number of guanidine groups is 1. The number of nitrogens with one attached hydrogen (secondary N) is 2. The molecular weight excluding hydrogens is 360 g/mol. The van der Waals surface area contributed by atoms with Gasteiger partial charge in [-0.3, -0.25) is 9.89 Å². The lowest BCUT2D eigenvalue weighted by molar-refractivity contribution is 0.127. The van der Waals surface area contributed by atoms with Gasteiger partial charge < -0.3 is 20.5 Å². The number of piperidine rings is 1. The first kappa shape index (κ1) is 20.6. The summed E-state index contributed by atoms with van der Waals surface area (Å²) in [6.07, 6.45) is 4.25. The molecule has 2 saturated heterocycles. The zero-order valence-electron chi connectivity index (χ0n) is 16.5. The van der Waals surface area contributed by atoms with E-state index in [1.54, 1.807) is 0 Å². The van der Waals surface area contributed by atoms with Gasteiger partial charge in [-0.2, -0.15) is 0 Å². The van der Waals surface area contributed by atoms with Gasteiger partial charge in [-0.15, -0.1) is 11.3 Å². The Morgan fingerprint density at radius 2 is 2.26 bits per heavy atom. The number of nitrogens with zero attached hydrogens (tertiary/aromatic N) is 2. The molecule has 0 radical (unpaired) electrons. The second-order valence-corrected chi connectivity index (χ2v) is 8.91. The summed E-state index contributed by atoms with van der Waals surface area (Å²) in [6, 6.07) is 4.37. The third-order valence-electron chi connectivity index (χ3n) is 5.91. The molecule has 0 aromatic carbocycles. The molecule has 2 fully saturated rings. The number of ether oxygens (including phenoxy) is 1. The Hall–Kier alpha value is -1.15. The third-order valence-corrected chi connectivity index (χ3v) is 6.77. The fraction of sp³-hybridized carbons (Fsp3) is 0.750. The number of aliphatic imine (C=N–C) groups is 1. The van der Waals surface area contributed by atoms with Gasteiger partial charge in [0.05, 0.1) is 6.61 Å². The molecule has 1 atom stereocenters. The van der Waals surface area contributed by atoms with Crippen LogP contribution in [-0.4, -0.2) is 69.0 Å². The quantitative estimate of drug-likeness (QED) is 0.464. The highest BCUT2D eigenvalue weighted by molar-refractivity contribution is 7.09. The maximum atomic E-state index is 9.36. The summed E-state index contributed by atoms with van der Waals surface area (Å²) in [4.78, 5) is 8.40. The van der Waals surface area contributed by atoms with Crippen LogP contribution in [0.3, 0.4) is 0 Å². The number of thiophene rings is 1. The van der Waals surface area contributed by atoms with Crippen molar-refractivity contribution < 1.29 is 9.84 Å². The average molecular weight is 395 g/mol. The Morgan fingerprint density at radius 3 is 2.89 bits per heavy atom. The Labute approximate surface area is 167 Å². The molecule has 3 heterocycles. The van der Waals surface area contributed by atoms with Gasteiger partial charge in [0.1, 0.15) is 0 Å². The van der Waals surface area contributed by atoms with Crippen molar-refractivity contribution in [2.45, 2.75) is 32.2 Å². The summed E-state index contributed by atoms with van der Waals surface area (Å²) in [6.45, 7) is 6.93. The molecule has 152 valence electrons. The van der Waals surface area contributed by atoms with Crippen molar-refractivity contribution in [1.82, 2.24) is 15.5 Å². The summed E-state index contributed by atoms with van der Waals surface area (Å²) in [7, 11) is 1.82. The van der Waals surface area contributed by atoms with Crippen LogP contribution in [0.25, 0.3) is 0 Å². The summed E-state index contributed by atoms with van der Waals surface area (Å²) >= 11 is 1.85. The molecule has 2 aliphatic heterocycles. The standard InChI is InChI=1S/C20H34N4O2S/c1-21-19(23-15-20(6-10-25)7-11-26-16-20)22-13-17-4-8-24(9-5-17)14-18-3-2-12-27-18/h2-3,12,17,25H,4-11,13-16H2,1H3,(H2,21,22,23). The molecule has 7 heteroatoms. The van der Waals surface area contributed by atoms with Gasteiger partial charge in [-0.05, 0) is 56.1 Å². The second kappa shape index (κ2) is 10.4. The largest absolute Gasteiger partial charge is 0.396 e. The van der Waals surface area contributed by atoms with Gasteiger partial charge in [0, 0.05) is 50.2 Å². The van der Waals surface area contributed by atoms with Crippen LogP contribution in [0.5, 0.6) is 0 Å². The molecule has 1 unspecified atom stereocenters. The van der Waals surface area contributed by atoms with Crippen molar-refractivity contribution in [3.63, 3.8) is 0 Å². The molecule has 0 aliphatic carbocycles. The van der Waals surface area contributed by atoms with E-state index in [-0.39, 0.29) is 12.0 Å². The van der Waals surface area contributed by atoms with Crippen molar-refractivity contribution in [3.05, 3.63) is 22.4 Å². The molecule has 1 aromatic heterocycles. The molecule has 0 saturated carbocycles. The molecule has 2 aliphatic rings. The lowest BCUT2D eigenvalue weighted by atomic mass is 9.84. The molecule has 0 spiro atoms. The summed E-state index contributed by atoms with van der Waals surface area (Å²) in [5, 5.41) is 18.5. The Bertz CT molecular complexity index is 565. The Balaban J connectivity index is 1.36. The first-order valence-corrected chi connectivity index (χ1v) is 11.0. The van der Waals surface area contributed by atoms with E-state index in [0.29, 0.717) is 5.92 Å². The lowest BCUT2D eigenvalue weighted by Gasteiger charge is -2.32. The fourth-order valence-electron chi connectivity index (χ4n) is 4.02. The topological polar surface area (TPSA) is 69.1 Å². The van der Waals surface area contributed by atoms with Gasteiger partial charge in [0.15, 0.2) is 5.96 Å². The van der Waals surface area contributed by atoms with Crippen LogP contribution in [0.4, 0.5) is 0 Å². The lowest BCUT2D eigenvalue weighted by Crippen LogP contribution is -2.46. The van der Waals surface area contributed by atoms with E-state index in [9.17, 15) is 5.11 Å². The van der Waals surface area contributed by atoms with Gasteiger partial charge in [-0.1, -0.05) is 6.07 Å². The second-order valence-electron chi connectivity index (χ2n) is 7.88. The summed E-state index contributed by atoms with van der Waals surface area (Å²) in [5.74, 6) is 1.56. The first-order valence-electron chi connectivity index (χ1n) is 10.1. The van der Waals surface area contributed by atoms with Crippen LogP contribution < -0.4 is 10.6 Å². The number of hydrogen-bond donors (Lipinski definition) is 3. The van der Waals surface area contributed by atoms with Crippen molar-refractivity contribution in [1.29, 1.82) is 0 Å². The summed E-state index contributed by atoms with van der Waals surface area (Å²) in [5.41, 5.74) is 0.0412. The molecule has 1 aromatic rings. The highest BCUT2D eigenvalue weighted by Gasteiger charge is 2.34. The monoisotopic (exact) mass is 394 g/mol. The minimum absolute atomic E-state index is 0.0412. The van der Waals surface area contributed by atoms with E-state index in [0.717, 1.165) is 51.6 Å². The number of rotatable bonds is 8. The van der Waals surface area contributed by atoms with Crippen LogP contribution in [0.2, 0.25) is 0 Å². The van der Waals surface area contributed by atoms with E-state index in [4.69, 9.17) is 4.74 Å². The number of aliphatic hydroxyl groups is 1. The van der Waals surface area contributed by atoms with E-state index < -0.39 is 0 Å². The zero-order chi connectivity index (χ0) is 19.0. The van der Waals surface area contributed by atoms with Gasteiger partial charge in [-0.25, -0.2) is 0 Å². The Morgan fingerprint density at radius 1 is 1.41 bits per heavy atom. The highest BCUT2D eigenvalue weighted by Crippen LogP contribution is 2.31. The number of hydrogen-bond acceptors (Lipinski definition) is 5. The molecule has 3 rings (SSSR count). The molecule has 3 N–H and O–H groups in total. The minimum atomic E-state index is 0.0412. The zero-order valence-corrected chi connectivity index (χ0v) is 17.3. The molecule has 0 amide bonds. The molecular formula is C20H34N4O2S. The van der Waals surface area contributed by atoms with Crippen molar-refractivity contribution in [3.8, 4) is 0 Å². The van der Waals surface area contributed by atoms with Gasteiger partial charge >= 0.3 is 0 Å². The van der Waals surface area contributed by atoms with E-state index in [2.05, 4.69) is 38.0 Å². The van der Waals surface area contributed by atoms with Crippen molar-refractivity contribution in [2.75, 3.05) is 53.0 Å². The first-order chi connectivity index (χ1) is 13.2. The smallest absolute Gasteiger partial charge is 0.191 e. The molecule has 27 heavy (non-hydrogen) atoms. The van der Waals surface area contributed by atoms with Crippen molar-refractivity contribution >= 4 is 17.3 Å². The minimum Gasteiger partial charge on any atom is -0.396 e. The average Bonchev–Trinajstić information content (AvgIpc) is 3.36. The van der Waals surface area contributed by atoms with Crippen LogP contribution in [0.1, 0.15) is 30.6 Å². The van der Waals surface area contributed by atoms with Crippen molar-refractivity contribution in [2.24, 2.45) is 16.3 Å². The number of aliphatic hydroxyl groups excluding tert-OH is 1. The maximum Gasteiger partial charge on any atom is 0.191 e. The van der Waals surface area contributed by atoms with Gasteiger partial charge in [0.25, 0.3) is 0 Å². The van der Waals surface area contributed by atoms with Crippen LogP contribution in [-0.2, 0) is 11.3 Å². The third kappa shape index (κ3) is 6.17. The SMILES string of the molecule is CN=C(NCC1CCN(Cc2cccs2)CC1)NCC1(CCO)CCOC1. The predicted molar refractivity (Wildman–Crippen MR) is 111 cm³/mol. The Kier molecular flexibility index (Phi) is 7.93. The summed E-state index contributed by atoms with van der Waals surface area (Å²) < 4.78 is 5.57. The van der Waals surface area contributed by atoms with Crippen LogP contribution >= 0.6 is 11.3 Å². The predicted octanol–water partition coefficient (Wildman–Crippen LogP) is 1.91. The van der Waals surface area contributed by atoms with E-state index in [1.807, 2.05) is 18.4 Å². The highest BCUT2D eigenvalue weighted by atomic mass is 32.1. The molecule has 0 bridgehead atoms. The molecule has 6 nitrogen and oxygen atoms in total. The van der Waals surface area contributed by atoms with Gasteiger partial charge in [0.2, 0.25) is 0 Å². The normalized spacial score (nSPS) is 25.0. The van der Waals surface area contributed by atoms with Crippen LogP contribution in [0, 0.1) is 11.3 Å². The van der Waals surface area contributed by atoms with E-state index >= 15 is 0 Å².